The minimum atomic E-state index is -0.731. The first-order valence-corrected chi connectivity index (χ1v) is 14.8. The normalized spacial score (nSPS) is 23.1. The van der Waals surface area contributed by atoms with Gasteiger partial charge in [-0.05, 0) is 68.7 Å². The number of carboxylic acid groups (broad SMARTS) is 1. The number of hydrogen-bond acceptors (Lipinski definition) is 7. The van der Waals surface area contributed by atoms with Crippen molar-refractivity contribution in [2.75, 3.05) is 56.6 Å². The molecule has 3 aliphatic rings. The van der Waals surface area contributed by atoms with Gasteiger partial charge in [0.1, 0.15) is 12.1 Å². The third-order valence-corrected chi connectivity index (χ3v) is 8.90. The lowest BCUT2D eigenvalue weighted by Gasteiger charge is -2.41. The molecular weight excluding hydrogens is 510 g/mol. The summed E-state index contributed by atoms with van der Waals surface area (Å²) in [6, 6.07) is 5.00. The first-order valence-electron chi connectivity index (χ1n) is 14.8. The number of unbranched alkanes of at least 4 members (excludes halogenated alkanes) is 1. The van der Waals surface area contributed by atoms with Crippen LogP contribution in [-0.2, 0) is 25.6 Å². The van der Waals surface area contributed by atoms with E-state index in [4.69, 9.17) is 0 Å². The fourth-order valence-corrected chi connectivity index (χ4v) is 6.51. The fourth-order valence-electron chi connectivity index (χ4n) is 6.51. The second kappa shape index (κ2) is 14.1. The lowest BCUT2D eigenvalue weighted by Crippen LogP contribution is -2.57. The molecule has 2 aliphatic heterocycles. The molecule has 0 spiro atoms. The van der Waals surface area contributed by atoms with Crippen LogP contribution in [0.1, 0.15) is 63.4 Å². The average molecular weight is 556 g/mol. The number of piperidine rings is 1. The summed E-state index contributed by atoms with van der Waals surface area (Å²) < 4.78 is 0. The van der Waals surface area contributed by atoms with Crippen molar-refractivity contribution in [3.63, 3.8) is 0 Å². The Morgan fingerprint density at radius 3 is 2.55 bits per heavy atom. The molecule has 0 radical (unpaired) electrons. The SMILES string of the molecule is CN(C=O)c1cc(CCCCN2CCN(CC3CCCCC3)CC2C(=O)O)ccc1N(C)C1CCC(=O)NC1=O. The van der Waals surface area contributed by atoms with Gasteiger partial charge < -0.3 is 14.9 Å². The van der Waals surface area contributed by atoms with Crippen LogP contribution < -0.4 is 15.1 Å². The molecule has 1 saturated carbocycles. The second-order valence-electron chi connectivity index (χ2n) is 11.7. The summed E-state index contributed by atoms with van der Waals surface area (Å²) in [5, 5.41) is 12.3. The van der Waals surface area contributed by atoms with E-state index in [0.29, 0.717) is 24.6 Å². The van der Waals surface area contributed by atoms with Gasteiger partial charge in [0.2, 0.25) is 18.2 Å². The summed E-state index contributed by atoms with van der Waals surface area (Å²) >= 11 is 0. The number of rotatable bonds is 12. The molecule has 10 heteroatoms. The number of amides is 3. The van der Waals surface area contributed by atoms with E-state index in [9.17, 15) is 24.3 Å². The van der Waals surface area contributed by atoms with Gasteiger partial charge >= 0.3 is 5.97 Å². The zero-order valence-electron chi connectivity index (χ0n) is 24.0. The highest BCUT2D eigenvalue weighted by Gasteiger charge is 2.33. The molecule has 4 rings (SSSR count). The number of carboxylic acids is 1. The third-order valence-electron chi connectivity index (χ3n) is 8.90. The quantitative estimate of drug-likeness (QED) is 0.230. The molecule has 220 valence electrons. The second-order valence-corrected chi connectivity index (χ2v) is 11.7. The largest absolute Gasteiger partial charge is 0.480 e. The van der Waals surface area contributed by atoms with E-state index in [1.54, 1.807) is 7.05 Å². The van der Waals surface area contributed by atoms with Crippen molar-refractivity contribution in [1.29, 1.82) is 0 Å². The number of imide groups is 1. The number of carbonyl (C=O) groups is 4. The molecule has 1 aliphatic carbocycles. The third kappa shape index (κ3) is 7.60. The summed E-state index contributed by atoms with van der Waals surface area (Å²) in [5.41, 5.74) is 2.54. The molecular formula is C30H45N5O5. The topological polar surface area (TPSA) is 114 Å². The van der Waals surface area contributed by atoms with Crippen LogP contribution in [0.25, 0.3) is 0 Å². The summed E-state index contributed by atoms with van der Waals surface area (Å²) in [6.07, 6.45) is 10.6. The van der Waals surface area contributed by atoms with Crippen molar-refractivity contribution in [3.8, 4) is 0 Å². The van der Waals surface area contributed by atoms with Gasteiger partial charge in [-0.2, -0.15) is 0 Å². The number of piperazine rings is 1. The Morgan fingerprint density at radius 2 is 1.85 bits per heavy atom. The summed E-state index contributed by atoms with van der Waals surface area (Å²) in [6.45, 7) is 4.12. The standard InChI is InChI=1S/C30H45N5O5/c1-32(21-36)26-18-22(11-12-24(26)33(2)25-13-14-28(37)31-29(25)38)8-6-7-15-35-17-16-34(20-27(35)30(39)40)19-23-9-4-3-5-10-23/h11-12,18,21,23,25,27H,3-10,13-17,19-20H2,1-2H3,(H,39,40)(H,31,37,38). The maximum absolute atomic E-state index is 12.4. The Labute approximate surface area is 237 Å². The summed E-state index contributed by atoms with van der Waals surface area (Å²) in [7, 11) is 3.50. The number of aryl methyl sites for hydroxylation is 1. The molecule has 10 nitrogen and oxygen atoms in total. The number of benzene rings is 1. The Hall–Kier alpha value is -2.98. The van der Waals surface area contributed by atoms with Crippen LogP contribution in [0, 0.1) is 5.92 Å². The van der Waals surface area contributed by atoms with Gasteiger partial charge in [-0.3, -0.25) is 34.3 Å². The van der Waals surface area contributed by atoms with E-state index in [-0.39, 0.29) is 18.2 Å². The van der Waals surface area contributed by atoms with Crippen LogP contribution in [0.5, 0.6) is 0 Å². The van der Waals surface area contributed by atoms with Gasteiger partial charge in [0.05, 0.1) is 11.4 Å². The van der Waals surface area contributed by atoms with Crippen LogP contribution in [0.2, 0.25) is 0 Å². The number of aliphatic carboxylic acids is 1. The van der Waals surface area contributed by atoms with Crippen LogP contribution in [0.3, 0.4) is 0 Å². The van der Waals surface area contributed by atoms with E-state index >= 15 is 0 Å². The molecule has 2 heterocycles. The zero-order valence-corrected chi connectivity index (χ0v) is 24.0. The van der Waals surface area contributed by atoms with Crippen molar-refractivity contribution < 1.29 is 24.3 Å². The van der Waals surface area contributed by atoms with Gasteiger partial charge in [0.15, 0.2) is 0 Å². The first-order chi connectivity index (χ1) is 19.3. The van der Waals surface area contributed by atoms with E-state index in [0.717, 1.165) is 63.1 Å². The molecule has 0 aromatic heterocycles. The zero-order chi connectivity index (χ0) is 28.6. The number of hydrogen-bond donors (Lipinski definition) is 2. The van der Waals surface area contributed by atoms with Gasteiger partial charge in [-0.25, -0.2) is 0 Å². The Balaban J connectivity index is 1.31. The van der Waals surface area contributed by atoms with E-state index < -0.39 is 18.1 Å². The van der Waals surface area contributed by atoms with Crippen LogP contribution >= 0.6 is 0 Å². The van der Waals surface area contributed by atoms with Crippen LogP contribution in [-0.4, -0.2) is 98.0 Å². The molecule has 2 saturated heterocycles. The number of anilines is 2. The minimum absolute atomic E-state index is 0.258. The van der Waals surface area contributed by atoms with Crippen LogP contribution in [0.4, 0.5) is 11.4 Å². The molecule has 0 bridgehead atoms. The predicted molar refractivity (Wildman–Crippen MR) is 154 cm³/mol. The number of nitrogens with zero attached hydrogens (tertiary/aromatic N) is 4. The van der Waals surface area contributed by atoms with Gasteiger partial charge in [-0.1, -0.05) is 25.3 Å². The molecule has 3 amide bonds. The molecule has 3 fully saturated rings. The molecule has 1 aromatic carbocycles. The fraction of sp³-hybridized carbons (Fsp3) is 0.667. The Kier molecular flexibility index (Phi) is 10.6. The molecule has 2 unspecified atom stereocenters. The maximum atomic E-state index is 12.4. The van der Waals surface area contributed by atoms with Crippen molar-refractivity contribution in [1.82, 2.24) is 15.1 Å². The minimum Gasteiger partial charge on any atom is -0.480 e. The number of carbonyl (C=O) groups excluding carboxylic acids is 3. The smallest absolute Gasteiger partial charge is 0.322 e. The van der Waals surface area contributed by atoms with Crippen molar-refractivity contribution >= 4 is 35.6 Å². The molecule has 2 atom stereocenters. The number of likely N-dealkylation sites (N-methyl/N-ethyl adjacent to an activating group) is 1. The first kappa shape index (κ1) is 30.0. The lowest BCUT2D eigenvalue weighted by atomic mass is 9.88. The Bertz CT molecular complexity index is 1060. The van der Waals surface area contributed by atoms with Crippen molar-refractivity contribution in [2.45, 2.75) is 76.3 Å². The lowest BCUT2D eigenvalue weighted by molar-refractivity contribution is -0.146. The highest BCUT2D eigenvalue weighted by molar-refractivity contribution is 6.02. The van der Waals surface area contributed by atoms with Gasteiger partial charge in [0, 0.05) is 46.7 Å². The molecule has 40 heavy (non-hydrogen) atoms. The highest BCUT2D eigenvalue weighted by Crippen LogP contribution is 2.32. The summed E-state index contributed by atoms with van der Waals surface area (Å²) in [4.78, 5) is 55.6. The molecule has 2 N–H and O–H groups in total. The average Bonchev–Trinajstić information content (AvgIpc) is 2.95. The Morgan fingerprint density at radius 1 is 1.07 bits per heavy atom. The number of nitrogens with one attached hydrogen (secondary N) is 1. The van der Waals surface area contributed by atoms with Gasteiger partial charge in [-0.15, -0.1) is 0 Å². The maximum Gasteiger partial charge on any atom is 0.322 e. The molecule has 1 aromatic rings. The van der Waals surface area contributed by atoms with Crippen molar-refractivity contribution in [3.05, 3.63) is 23.8 Å². The summed E-state index contributed by atoms with van der Waals surface area (Å²) in [5.74, 6) is -0.595. The van der Waals surface area contributed by atoms with Gasteiger partial charge in [0.25, 0.3) is 0 Å². The monoisotopic (exact) mass is 555 g/mol. The van der Waals surface area contributed by atoms with E-state index in [1.807, 2.05) is 30.1 Å². The highest BCUT2D eigenvalue weighted by atomic mass is 16.4. The van der Waals surface area contributed by atoms with E-state index in [2.05, 4.69) is 15.1 Å². The predicted octanol–water partition coefficient (Wildman–Crippen LogP) is 2.49. The van der Waals surface area contributed by atoms with Crippen molar-refractivity contribution in [2.24, 2.45) is 5.92 Å². The van der Waals surface area contributed by atoms with Crippen LogP contribution in [0.15, 0.2) is 18.2 Å². The van der Waals surface area contributed by atoms with E-state index in [1.165, 1.54) is 37.0 Å².